The number of aliphatic hydroxyl groups excluding tert-OH is 2. The van der Waals surface area contributed by atoms with Crippen LogP contribution in [0.4, 0.5) is 0 Å². The first-order valence-corrected chi connectivity index (χ1v) is 10.3. The molecule has 7 nitrogen and oxygen atoms in total. The molecular formula is C21H26N2O5S. The molecule has 1 atom stereocenters. The summed E-state index contributed by atoms with van der Waals surface area (Å²) < 4.78 is 16.4. The normalized spacial score (nSPS) is 12.4. The summed E-state index contributed by atoms with van der Waals surface area (Å²) >= 11 is 1.61. The minimum absolute atomic E-state index is 0.0122. The third-order valence-electron chi connectivity index (χ3n) is 4.46. The van der Waals surface area contributed by atoms with Gasteiger partial charge in [0.1, 0.15) is 24.2 Å². The molecule has 8 heteroatoms. The standard InChI is InChI=1S/C21H26N2O5S/c1-12(2)7-14-11-29-19(13(14)3)21-22-20(23-28-21)17-6-5-16(8-18(17)26-4)27-10-15(25)9-24/h5-6,8,11-12,15,24-25H,7,9-10H2,1-4H3. The number of benzene rings is 1. The summed E-state index contributed by atoms with van der Waals surface area (Å²) in [5.74, 6) is 2.53. The predicted molar refractivity (Wildman–Crippen MR) is 111 cm³/mol. The van der Waals surface area contributed by atoms with Crippen LogP contribution in [-0.2, 0) is 6.42 Å². The van der Waals surface area contributed by atoms with Crippen molar-refractivity contribution < 1.29 is 24.2 Å². The molecule has 0 aliphatic carbocycles. The molecule has 2 heterocycles. The van der Waals surface area contributed by atoms with Crippen LogP contribution in [0.1, 0.15) is 25.0 Å². The van der Waals surface area contributed by atoms with Crippen molar-refractivity contribution in [3.05, 3.63) is 34.7 Å². The summed E-state index contributed by atoms with van der Waals surface area (Å²) in [6, 6.07) is 5.20. The molecule has 0 radical (unpaired) electrons. The first-order valence-electron chi connectivity index (χ1n) is 9.44. The van der Waals surface area contributed by atoms with Gasteiger partial charge in [0, 0.05) is 6.07 Å². The van der Waals surface area contributed by atoms with Crippen LogP contribution in [0, 0.1) is 12.8 Å². The summed E-state index contributed by atoms with van der Waals surface area (Å²) in [6.45, 7) is 6.11. The van der Waals surface area contributed by atoms with Gasteiger partial charge in [0.2, 0.25) is 5.82 Å². The second-order valence-electron chi connectivity index (χ2n) is 7.25. The van der Waals surface area contributed by atoms with Gasteiger partial charge in [0.05, 0.1) is 24.2 Å². The number of aliphatic hydroxyl groups is 2. The van der Waals surface area contributed by atoms with E-state index in [0.29, 0.717) is 34.7 Å². The Hall–Kier alpha value is -2.42. The highest BCUT2D eigenvalue weighted by atomic mass is 32.1. The maximum absolute atomic E-state index is 9.42. The summed E-state index contributed by atoms with van der Waals surface area (Å²) in [5.41, 5.74) is 3.16. The van der Waals surface area contributed by atoms with Gasteiger partial charge in [-0.2, -0.15) is 4.98 Å². The largest absolute Gasteiger partial charge is 0.496 e. The van der Waals surface area contributed by atoms with E-state index in [9.17, 15) is 5.11 Å². The minimum atomic E-state index is -0.935. The molecule has 29 heavy (non-hydrogen) atoms. The molecule has 0 spiro atoms. The molecule has 0 amide bonds. The number of rotatable bonds is 9. The van der Waals surface area contributed by atoms with Gasteiger partial charge in [-0.1, -0.05) is 19.0 Å². The third-order valence-corrected chi connectivity index (χ3v) is 5.58. The third kappa shape index (κ3) is 4.95. The van der Waals surface area contributed by atoms with E-state index >= 15 is 0 Å². The van der Waals surface area contributed by atoms with Crippen molar-refractivity contribution in [3.8, 4) is 33.7 Å². The highest BCUT2D eigenvalue weighted by Gasteiger charge is 2.19. The Morgan fingerprint density at radius 3 is 2.76 bits per heavy atom. The maximum Gasteiger partial charge on any atom is 0.268 e. The van der Waals surface area contributed by atoms with Gasteiger partial charge in [-0.25, -0.2) is 0 Å². The molecule has 1 aromatic carbocycles. The topological polar surface area (TPSA) is 97.8 Å². The zero-order valence-electron chi connectivity index (χ0n) is 17.0. The van der Waals surface area contributed by atoms with Crippen LogP contribution in [0.2, 0.25) is 0 Å². The van der Waals surface area contributed by atoms with Gasteiger partial charge in [0.15, 0.2) is 0 Å². The molecule has 0 aliphatic heterocycles. The predicted octanol–water partition coefficient (Wildman–Crippen LogP) is 3.71. The number of methoxy groups -OCH3 is 1. The number of hydrogen-bond donors (Lipinski definition) is 2. The molecule has 0 aliphatic rings. The minimum Gasteiger partial charge on any atom is -0.496 e. The lowest BCUT2D eigenvalue weighted by molar-refractivity contribution is 0.0535. The van der Waals surface area contributed by atoms with Crippen molar-refractivity contribution in [3.63, 3.8) is 0 Å². The van der Waals surface area contributed by atoms with Crippen LogP contribution < -0.4 is 9.47 Å². The number of hydrogen-bond acceptors (Lipinski definition) is 8. The van der Waals surface area contributed by atoms with E-state index in [1.165, 1.54) is 11.1 Å². The Morgan fingerprint density at radius 1 is 1.28 bits per heavy atom. The van der Waals surface area contributed by atoms with E-state index in [4.69, 9.17) is 19.1 Å². The van der Waals surface area contributed by atoms with Crippen LogP contribution in [0.5, 0.6) is 11.5 Å². The fourth-order valence-corrected chi connectivity index (χ4v) is 3.95. The molecule has 2 aromatic heterocycles. The van der Waals surface area contributed by atoms with Gasteiger partial charge in [-0.3, -0.25) is 0 Å². The van der Waals surface area contributed by atoms with Crippen LogP contribution in [0.25, 0.3) is 22.2 Å². The fraction of sp³-hybridized carbons (Fsp3) is 0.429. The Kier molecular flexibility index (Phi) is 6.89. The van der Waals surface area contributed by atoms with Crippen LogP contribution in [-0.4, -0.2) is 46.8 Å². The molecule has 0 saturated carbocycles. The van der Waals surface area contributed by atoms with Crippen molar-refractivity contribution in [2.24, 2.45) is 5.92 Å². The van der Waals surface area contributed by atoms with Gasteiger partial charge in [-0.05, 0) is 47.9 Å². The van der Waals surface area contributed by atoms with Crippen molar-refractivity contribution in [2.75, 3.05) is 20.3 Å². The van der Waals surface area contributed by atoms with Crippen LogP contribution >= 0.6 is 11.3 Å². The molecule has 2 N–H and O–H groups in total. The first kappa shape index (κ1) is 21.3. The molecular weight excluding hydrogens is 392 g/mol. The fourth-order valence-electron chi connectivity index (χ4n) is 2.92. The number of thiophene rings is 1. The monoisotopic (exact) mass is 418 g/mol. The van der Waals surface area contributed by atoms with Crippen molar-refractivity contribution in [2.45, 2.75) is 33.3 Å². The Balaban J connectivity index is 1.84. The van der Waals surface area contributed by atoms with E-state index in [0.717, 1.165) is 11.3 Å². The van der Waals surface area contributed by atoms with E-state index in [1.54, 1.807) is 36.6 Å². The Labute approximate surface area is 173 Å². The Morgan fingerprint density at radius 2 is 2.07 bits per heavy atom. The average Bonchev–Trinajstić information content (AvgIpc) is 3.32. The Bertz CT molecular complexity index is 950. The first-order chi connectivity index (χ1) is 13.9. The summed E-state index contributed by atoms with van der Waals surface area (Å²) in [6.07, 6.45) is 0.0823. The highest BCUT2D eigenvalue weighted by Crippen LogP contribution is 2.36. The highest BCUT2D eigenvalue weighted by molar-refractivity contribution is 7.13. The molecule has 1 unspecified atom stereocenters. The molecule has 3 rings (SSSR count). The summed E-state index contributed by atoms with van der Waals surface area (Å²) in [7, 11) is 1.55. The lowest BCUT2D eigenvalue weighted by atomic mass is 10.0. The molecule has 3 aromatic rings. The molecule has 156 valence electrons. The molecule has 0 fully saturated rings. The van der Waals surface area contributed by atoms with E-state index in [-0.39, 0.29) is 13.2 Å². The van der Waals surface area contributed by atoms with Gasteiger partial charge in [-0.15, -0.1) is 11.3 Å². The van der Waals surface area contributed by atoms with Crippen molar-refractivity contribution >= 4 is 11.3 Å². The summed E-state index contributed by atoms with van der Waals surface area (Å²) in [4.78, 5) is 5.55. The zero-order valence-corrected chi connectivity index (χ0v) is 17.8. The van der Waals surface area contributed by atoms with E-state index < -0.39 is 6.10 Å². The molecule has 0 bridgehead atoms. The quantitative estimate of drug-likeness (QED) is 0.547. The van der Waals surface area contributed by atoms with Gasteiger partial charge >= 0.3 is 0 Å². The molecule has 0 saturated heterocycles. The van der Waals surface area contributed by atoms with Crippen molar-refractivity contribution in [1.82, 2.24) is 10.1 Å². The second-order valence-corrected chi connectivity index (χ2v) is 8.13. The number of ether oxygens (including phenoxy) is 2. The number of aromatic nitrogens is 2. The van der Waals surface area contributed by atoms with Crippen LogP contribution in [0.3, 0.4) is 0 Å². The summed E-state index contributed by atoms with van der Waals surface area (Å²) in [5, 5.41) is 24.6. The van der Waals surface area contributed by atoms with E-state index in [2.05, 4.69) is 36.3 Å². The maximum atomic E-state index is 9.42. The average molecular weight is 419 g/mol. The van der Waals surface area contributed by atoms with E-state index in [1.807, 2.05) is 0 Å². The smallest absolute Gasteiger partial charge is 0.268 e. The lowest BCUT2D eigenvalue weighted by Gasteiger charge is -2.12. The lowest BCUT2D eigenvalue weighted by Crippen LogP contribution is -2.21. The number of nitrogens with zero attached hydrogens (tertiary/aromatic N) is 2. The van der Waals surface area contributed by atoms with Gasteiger partial charge in [0.25, 0.3) is 5.89 Å². The van der Waals surface area contributed by atoms with Crippen LogP contribution in [0.15, 0.2) is 28.1 Å². The second kappa shape index (κ2) is 9.39. The van der Waals surface area contributed by atoms with Crippen molar-refractivity contribution in [1.29, 1.82) is 0 Å². The SMILES string of the molecule is COc1cc(OCC(O)CO)ccc1-c1noc(-c2scc(CC(C)C)c2C)n1. The van der Waals surface area contributed by atoms with Gasteiger partial charge < -0.3 is 24.2 Å². The zero-order chi connectivity index (χ0) is 21.0.